The number of hydrogen-bond donors (Lipinski definition) is 0. The first-order chi connectivity index (χ1) is 13.7. The molecule has 6 nitrogen and oxygen atoms in total. The summed E-state index contributed by atoms with van der Waals surface area (Å²) >= 11 is 0. The molecule has 0 amide bonds. The van der Waals surface area contributed by atoms with Crippen LogP contribution in [0.5, 0.6) is 0 Å². The second-order valence-electron chi connectivity index (χ2n) is 6.52. The number of aryl methyl sites for hydroxylation is 1. The van der Waals surface area contributed by atoms with Gasteiger partial charge in [-0.25, -0.2) is 9.67 Å². The Morgan fingerprint density at radius 1 is 0.893 bits per heavy atom. The number of nitrogens with zero attached hydrogens (tertiary/aromatic N) is 4. The molecule has 0 aliphatic rings. The van der Waals surface area contributed by atoms with Crippen LogP contribution in [-0.4, -0.2) is 19.3 Å². The molecular formula is C22H16N4O2. The van der Waals surface area contributed by atoms with Crippen LogP contribution in [0.2, 0.25) is 0 Å². The van der Waals surface area contributed by atoms with Crippen molar-refractivity contribution in [1.29, 1.82) is 0 Å². The van der Waals surface area contributed by atoms with Gasteiger partial charge in [0.05, 0.1) is 23.8 Å². The van der Waals surface area contributed by atoms with Crippen molar-refractivity contribution in [3.63, 3.8) is 0 Å². The fourth-order valence-electron chi connectivity index (χ4n) is 3.23. The van der Waals surface area contributed by atoms with Crippen LogP contribution in [0, 0.1) is 6.92 Å². The molecule has 5 aromatic rings. The van der Waals surface area contributed by atoms with E-state index in [-0.39, 0.29) is 5.56 Å². The zero-order chi connectivity index (χ0) is 19.1. The van der Waals surface area contributed by atoms with Crippen molar-refractivity contribution >= 4 is 11.0 Å². The highest BCUT2D eigenvalue weighted by atomic mass is 16.3. The number of furan rings is 1. The highest BCUT2D eigenvalue weighted by Crippen LogP contribution is 2.24. The van der Waals surface area contributed by atoms with Crippen LogP contribution in [0.25, 0.3) is 34.0 Å². The van der Waals surface area contributed by atoms with Gasteiger partial charge in [0.25, 0.3) is 5.56 Å². The van der Waals surface area contributed by atoms with Gasteiger partial charge in [-0.2, -0.15) is 5.10 Å². The van der Waals surface area contributed by atoms with Gasteiger partial charge in [0.2, 0.25) is 0 Å². The predicted molar refractivity (Wildman–Crippen MR) is 107 cm³/mol. The maximum absolute atomic E-state index is 13.4. The van der Waals surface area contributed by atoms with E-state index in [1.165, 1.54) is 0 Å². The first-order valence-corrected chi connectivity index (χ1v) is 8.89. The summed E-state index contributed by atoms with van der Waals surface area (Å²) in [7, 11) is 0. The van der Waals surface area contributed by atoms with E-state index in [1.807, 2.05) is 61.5 Å². The first kappa shape index (κ1) is 16.3. The Morgan fingerprint density at radius 3 is 2.39 bits per heavy atom. The number of hydrogen-bond acceptors (Lipinski definition) is 4. The molecule has 0 bridgehead atoms. The van der Waals surface area contributed by atoms with Crippen LogP contribution in [-0.2, 0) is 0 Å². The van der Waals surface area contributed by atoms with Gasteiger partial charge in [-0.1, -0.05) is 35.9 Å². The monoisotopic (exact) mass is 368 g/mol. The van der Waals surface area contributed by atoms with Crippen molar-refractivity contribution in [1.82, 2.24) is 19.3 Å². The third kappa shape index (κ3) is 2.54. The summed E-state index contributed by atoms with van der Waals surface area (Å²) in [6, 6.07) is 20.9. The molecule has 28 heavy (non-hydrogen) atoms. The lowest BCUT2D eigenvalue weighted by molar-refractivity contribution is 0.574. The second-order valence-corrected chi connectivity index (χ2v) is 6.52. The van der Waals surface area contributed by atoms with Crippen molar-refractivity contribution < 1.29 is 4.42 Å². The van der Waals surface area contributed by atoms with Crippen LogP contribution in [0.4, 0.5) is 0 Å². The number of para-hydroxylation sites is 1. The SMILES string of the molecule is Cc1ccc(-n2c(-c3ccco3)nc3c(cnn3-c3ccccc3)c2=O)cc1. The van der Waals surface area contributed by atoms with Gasteiger partial charge in [0.15, 0.2) is 17.2 Å². The number of aromatic nitrogens is 4. The van der Waals surface area contributed by atoms with E-state index in [1.54, 1.807) is 33.8 Å². The summed E-state index contributed by atoms with van der Waals surface area (Å²) in [5, 5.41) is 4.85. The molecule has 0 radical (unpaired) electrons. The van der Waals surface area contributed by atoms with Crippen molar-refractivity contribution in [3.8, 4) is 23.0 Å². The maximum atomic E-state index is 13.4. The molecule has 136 valence electrons. The molecule has 3 aromatic heterocycles. The molecule has 0 fully saturated rings. The molecule has 0 aliphatic carbocycles. The fourth-order valence-corrected chi connectivity index (χ4v) is 3.23. The normalized spacial score (nSPS) is 11.2. The van der Waals surface area contributed by atoms with Gasteiger partial charge in [0, 0.05) is 0 Å². The molecule has 0 saturated carbocycles. The van der Waals surface area contributed by atoms with Crippen molar-refractivity contribution in [2.75, 3.05) is 0 Å². The number of benzene rings is 2. The van der Waals surface area contributed by atoms with Gasteiger partial charge in [-0.3, -0.25) is 9.36 Å². The number of rotatable bonds is 3. The predicted octanol–water partition coefficient (Wildman–Crippen LogP) is 4.14. The Balaban J connectivity index is 1.85. The van der Waals surface area contributed by atoms with Crippen molar-refractivity contribution in [2.45, 2.75) is 6.92 Å². The third-order valence-corrected chi connectivity index (χ3v) is 4.64. The average Bonchev–Trinajstić information content (AvgIpc) is 3.39. The summed E-state index contributed by atoms with van der Waals surface area (Å²) in [4.78, 5) is 18.2. The molecule has 0 saturated heterocycles. The molecule has 6 heteroatoms. The van der Waals surface area contributed by atoms with Crippen LogP contribution in [0.3, 0.4) is 0 Å². The zero-order valence-corrected chi connectivity index (χ0v) is 15.1. The minimum atomic E-state index is -0.192. The van der Waals surface area contributed by atoms with Gasteiger partial charge in [-0.05, 0) is 43.3 Å². The fraction of sp³-hybridized carbons (Fsp3) is 0.0455. The van der Waals surface area contributed by atoms with E-state index in [4.69, 9.17) is 9.40 Å². The lowest BCUT2D eigenvalue weighted by Gasteiger charge is -2.12. The molecule has 3 heterocycles. The Morgan fingerprint density at radius 2 is 1.68 bits per heavy atom. The van der Waals surface area contributed by atoms with Gasteiger partial charge in [0.1, 0.15) is 5.39 Å². The molecule has 0 spiro atoms. The minimum Gasteiger partial charge on any atom is -0.461 e. The molecule has 2 aromatic carbocycles. The van der Waals surface area contributed by atoms with E-state index < -0.39 is 0 Å². The zero-order valence-electron chi connectivity index (χ0n) is 15.1. The maximum Gasteiger partial charge on any atom is 0.269 e. The van der Waals surface area contributed by atoms with Crippen LogP contribution < -0.4 is 5.56 Å². The largest absolute Gasteiger partial charge is 0.461 e. The quantitative estimate of drug-likeness (QED) is 0.480. The molecule has 5 rings (SSSR count). The smallest absolute Gasteiger partial charge is 0.269 e. The highest BCUT2D eigenvalue weighted by Gasteiger charge is 2.19. The van der Waals surface area contributed by atoms with E-state index in [0.29, 0.717) is 22.6 Å². The van der Waals surface area contributed by atoms with E-state index >= 15 is 0 Å². The van der Waals surface area contributed by atoms with E-state index in [2.05, 4.69) is 5.10 Å². The Labute approximate surface area is 160 Å². The van der Waals surface area contributed by atoms with Gasteiger partial charge < -0.3 is 4.42 Å². The summed E-state index contributed by atoms with van der Waals surface area (Å²) in [6.07, 6.45) is 3.13. The molecule has 0 atom stereocenters. The summed E-state index contributed by atoms with van der Waals surface area (Å²) in [5.41, 5.74) is 2.97. The average molecular weight is 368 g/mol. The summed E-state index contributed by atoms with van der Waals surface area (Å²) in [5.74, 6) is 0.949. The van der Waals surface area contributed by atoms with E-state index in [0.717, 1.165) is 16.9 Å². The van der Waals surface area contributed by atoms with Crippen LogP contribution in [0.1, 0.15) is 5.56 Å². The lowest BCUT2D eigenvalue weighted by atomic mass is 10.2. The van der Waals surface area contributed by atoms with Crippen LogP contribution >= 0.6 is 0 Å². The standard InChI is InChI=1S/C22H16N4O2/c1-15-9-11-16(12-10-15)25-21(19-8-5-13-28-19)24-20-18(22(25)27)14-23-26(20)17-6-3-2-4-7-17/h2-14H,1H3. The Bertz CT molecular complexity index is 1320. The van der Waals surface area contributed by atoms with Crippen molar-refractivity contribution in [2.24, 2.45) is 0 Å². The summed E-state index contributed by atoms with van der Waals surface area (Å²) < 4.78 is 8.82. The number of fused-ring (bicyclic) bond motifs is 1. The molecule has 0 unspecified atom stereocenters. The molecule has 0 aliphatic heterocycles. The Hall–Kier alpha value is -3.93. The van der Waals surface area contributed by atoms with Crippen molar-refractivity contribution in [3.05, 3.63) is 95.1 Å². The van der Waals surface area contributed by atoms with E-state index in [9.17, 15) is 4.79 Å². The third-order valence-electron chi connectivity index (χ3n) is 4.64. The second kappa shape index (κ2) is 6.35. The lowest BCUT2D eigenvalue weighted by Crippen LogP contribution is -2.21. The van der Waals surface area contributed by atoms with Gasteiger partial charge in [-0.15, -0.1) is 0 Å². The highest BCUT2D eigenvalue weighted by molar-refractivity contribution is 5.78. The molecule has 0 N–H and O–H groups in total. The first-order valence-electron chi connectivity index (χ1n) is 8.89. The summed E-state index contributed by atoms with van der Waals surface area (Å²) in [6.45, 7) is 2.01. The Kier molecular flexibility index (Phi) is 3.69. The molecular weight excluding hydrogens is 352 g/mol. The van der Waals surface area contributed by atoms with Crippen LogP contribution in [0.15, 0.2) is 88.4 Å². The minimum absolute atomic E-state index is 0.192. The topological polar surface area (TPSA) is 65.8 Å². The van der Waals surface area contributed by atoms with Gasteiger partial charge >= 0.3 is 0 Å².